The molecule has 2 aliphatic heterocycles. The number of amides is 1. The van der Waals surface area contributed by atoms with E-state index in [1.165, 1.54) is 28.4 Å². The third-order valence-corrected chi connectivity index (χ3v) is 9.28. The van der Waals surface area contributed by atoms with Gasteiger partial charge in [0.15, 0.2) is 12.4 Å². The highest BCUT2D eigenvalue weighted by atomic mass is 35.5. The molecule has 1 amide bonds. The Balaban J connectivity index is 1.33. The highest BCUT2D eigenvalue weighted by Gasteiger charge is 2.53. The summed E-state index contributed by atoms with van der Waals surface area (Å²) in [5, 5.41) is 33.0. The van der Waals surface area contributed by atoms with Gasteiger partial charge in [0, 0.05) is 41.4 Å². The van der Waals surface area contributed by atoms with E-state index in [1.54, 1.807) is 12.1 Å². The van der Waals surface area contributed by atoms with Gasteiger partial charge in [-0.3, -0.25) is 9.69 Å². The Labute approximate surface area is 253 Å². The molecule has 0 aromatic carbocycles. The Morgan fingerprint density at radius 1 is 1.30 bits per heavy atom. The Morgan fingerprint density at radius 2 is 1.98 bits per heavy atom. The number of aryl methyl sites for hydroxylation is 1. The van der Waals surface area contributed by atoms with Crippen molar-refractivity contribution in [1.29, 1.82) is 0 Å². The zero-order valence-corrected chi connectivity index (χ0v) is 24.7. The number of rotatable bonds is 12. The van der Waals surface area contributed by atoms with Crippen LogP contribution in [0.3, 0.4) is 0 Å². The van der Waals surface area contributed by atoms with Gasteiger partial charge in [0.25, 0.3) is 5.91 Å². The largest absolute Gasteiger partial charge is 0.547 e. The van der Waals surface area contributed by atoms with E-state index in [2.05, 4.69) is 10.3 Å². The van der Waals surface area contributed by atoms with Gasteiger partial charge in [0.1, 0.15) is 34.0 Å². The van der Waals surface area contributed by atoms with Gasteiger partial charge in [-0.15, -0.1) is 23.5 Å². The van der Waals surface area contributed by atoms with E-state index in [4.69, 9.17) is 35.4 Å². The van der Waals surface area contributed by atoms with Crippen LogP contribution in [0.15, 0.2) is 52.8 Å². The number of aliphatic carboxylic acids is 2. The molecular weight excluding hydrogens is 619 g/mol. The number of hydrogen-bond acceptors (Lipinski definition) is 9. The van der Waals surface area contributed by atoms with Crippen molar-refractivity contribution in [2.24, 2.45) is 0 Å². The molecule has 2 aromatic rings. The maximum absolute atomic E-state index is 13.0. The summed E-state index contributed by atoms with van der Waals surface area (Å²) < 4.78 is 1.86. The van der Waals surface area contributed by atoms with E-state index in [1.807, 2.05) is 29.1 Å². The SMILES string of the molecule is O=C(O)C1=C(CSc2cc[n+](CCC[C@H](O)C(=O)[O-])cc2)CS[C@@H]2[C@H](NC(=S)Cc3cc(Cl)nc(Cl)c3)C(=O)N12. The summed E-state index contributed by atoms with van der Waals surface area (Å²) in [6.45, 7) is 0.529. The van der Waals surface area contributed by atoms with Crippen molar-refractivity contribution in [1.82, 2.24) is 15.2 Å². The monoisotopic (exact) mass is 642 g/mol. The number of nitrogens with zero attached hydrogens (tertiary/aromatic N) is 3. The molecule has 2 aromatic heterocycles. The summed E-state index contributed by atoms with van der Waals surface area (Å²) in [5.41, 5.74) is 1.41. The lowest BCUT2D eigenvalue weighted by Gasteiger charge is -2.49. The second kappa shape index (κ2) is 13.5. The number of halogens is 2. The maximum Gasteiger partial charge on any atom is 0.352 e. The van der Waals surface area contributed by atoms with Crippen LogP contribution >= 0.6 is 58.9 Å². The summed E-state index contributed by atoms with van der Waals surface area (Å²) >= 11 is 20.3. The van der Waals surface area contributed by atoms with Crippen LogP contribution in [-0.4, -0.2) is 72.0 Å². The first kappa shape index (κ1) is 30.5. The predicted octanol–water partition coefficient (Wildman–Crippen LogP) is 1.44. The number of aromatic nitrogens is 2. The second-order valence-electron chi connectivity index (χ2n) is 9.05. The van der Waals surface area contributed by atoms with Gasteiger partial charge < -0.3 is 25.4 Å². The number of fused-ring (bicyclic) bond motifs is 1. The molecule has 1 fully saturated rings. The number of thioether (sulfide) groups is 2. The highest BCUT2D eigenvalue weighted by Crippen LogP contribution is 2.41. The van der Waals surface area contributed by atoms with Gasteiger partial charge >= 0.3 is 5.97 Å². The van der Waals surface area contributed by atoms with E-state index >= 15 is 0 Å². The summed E-state index contributed by atoms with van der Waals surface area (Å²) in [6, 6.07) is 6.39. The van der Waals surface area contributed by atoms with Crippen molar-refractivity contribution in [2.45, 2.75) is 48.2 Å². The average molecular weight is 644 g/mol. The lowest BCUT2D eigenvalue weighted by Crippen LogP contribution is -2.70. The Kier molecular flexibility index (Phi) is 10.3. The van der Waals surface area contributed by atoms with Crippen LogP contribution in [0.2, 0.25) is 10.3 Å². The Hall–Kier alpha value is -2.42. The minimum absolute atomic E-state index is 0.00962. The standard InChI is InChI=1S/C25H24Cl2N4O6S3/c26-17-8-13(9-18(27)28-17)10-19(38)29-20-22(33)31-21(25(36)37)14(12-40-23(20)31)11-39-15-3-6-30(7-4-15)5-1-2-16(32)24(34)35/h3-4,6-9,16,20,23,32H,1-2,5,10-12H2,(H2-,29,34,35,36,37,38)/t16-,20+,23+/m0/s1. The summed E-state index contributed by atoms with van der Waals surface area (Å²) in [6.07, 6.45) is 3.06. The molecule has 4 heterocycles. The minimum atomic E-state index is -1.48. The van der Waals surface area contributed by atoms with Gasteiger partial charge in [0.2, 0.25) is 0 Å². The van der Waals surface area contributed by atoms with E-state index in [-0.39, 0.29) is 33.7 Å². The van der Waals surface area contributed by atoms with E-state index in [0.717, 1.165) is 10.5 Å². The van der Waals surface area contributed by atoms with Crippen LogP contribution < -0.4 is 15.0 Å². The fraction of sp³-hybridized carbons (Fsp3) is 0.360. The normalized spacial score (nSPS) is 19.1. The van der Waals surface area contributed by atoms with Crippen LogP contribution in [0.4, 0.5) is 0 Å². The number of aliphatic hydroxyl groups is 1. The first-order valence-corrected chi connectivity index (χ1v) is 15.3. The second-order valence-corrected chi connectivity index (χ2v) is 12.5. The van der Waals surface area contributed by atoms with Crippen molar-refractivity contribution in [3.63, 3.8) is 0 Å². The molecule has 0 unspecified atom stereocenters. The fourth-order valence-electron chi connectivity index (χ4n) is 4.26. The molecule has 15 heteroatoms. The quantitative estimate of drug-likeness (QED) is 0.102. The number of nitrogens with one attached hydrogen (secondary N) is 1. The molecule has 2 aliphatic rings. The van der Waals surface area contributed by atoms with Gasteiger partial charge in [-0.2, -0.15) is 0 Å². The van der Waals surface area contributed by atoms with E-state index in [0.29, 0.717) is 41.5 Å². The molecule has 40 heavy (non-hydrogen) atoms. The first-order valence-electron chi connectivity index (χ1n) is 12.1. The molecule has 0 spiro atoms. The van der Waals surface area contributed by atoms with Gasteiger partial charge in [-0.05, 0) is 29.7 Å². The number of β-lactam (4-membered cyclic amide) rings is 1. The number of carboxylic acid groups (broad SMARTS) is 2. The highest BCUT2D eigenvalue weighted by molar-refractivity contribution is 8.01. The number of carboxylic acids is 2. The number of carbonyl (C=O) groups excluding carboxylic acids is 2. The van der Waals surface area contributed by atoms with Crippen molar-refractivity contribution in [3.8, 4) is 0 Å². The zero-order chi connectivity index (χ0) is 29.0. The number of carbonyl (C=O) groups is 3. The minimum Gasteiger partial charge on any atom is -0.547 e. The fourth-order valence-corrected chi connectivity index (χ4v) is 7.43. The molecule has 0 radical (unpaired) electrons. The smallest absolute Gasteiger partial charge is 0.352 e. The first-order chi connectivity index (χ1) is 19.0. The lowest BCUT2D eigenvalue weighted by molar-refractivity contribution is -0.697. The molecule has 0 saturated carbocycles. The Morgan fingerprint density at radius 3 is 2.60 bits per heavy atom. The molecule has 3 atom stereocenters. The lowest BCUT2D eigenvalue weighted by atomic mass is 10.0. The molecule has 212 valence electrons. The molecular formula is C25H24Cl2N4O6S3. The summed E-state index contributed by atoms with van der Waals surface area (Å²) in [4.78, 5) is 42.3. The van der Waals surface area contributed by atoms with E-state index < -0.39 is 24.1 Å². The van der Waals surface area contributed by atoms with Crippen molar-refractivity contribution in [2.75, 3.05) is 11.5 Å². The van der Waals surface area contributed by atoms with Crippen molar-refractivity contribution < 1.29 is 34.3 Å². The molecule has 10 nitrogen and oxygen atoms in total. The van der Waals surface area contributed by atoms with Crippen LogP contribution in [0, 0.1) is 0 Å². The molecule has 3 N–H and O–H groups in total. The van der Waals surface area contributed by atoms with Crippen LogP contribution in [-0.2, 0) is 27.3 Å². The number of hydrogen-bond donors (Lipinski definition) is 3. The number of pyridine rings is 2. The average Bonchev–Trinajstić information content (AvgIpc) is 2.89. The molecule has 0 bridgehead atoms. The molecule has 1 saturated heterocycles. The third-order valence-electron chi connectivity index (χ3n) is 6.19. The van der Waals surface area contributed by atoms with Gasteiger partial charge in [-0.25, -0.2) is 14.3 Å². The van der Waals surface area contributed by atoms with Crippen molar-refractivity contribution in [3.05, 3.63) is 63.8 Å². The number of thiocarbonyl (C=S) groups is 1. The summed E-state index contributed by atoms with van der Waals surface area (Å²) in [5.74, 6) is -2.13. The summed E-state index contributed by atoms with van der Waals surface area (Å²) in [7, 11) is 0. The molecule has 4 rings (SSSR count). The molecule has 0 aliphatic carbocycles. The van der Waals surface area contributed by atoms with Crippen molar-refractivity contribution >= 4 is 81.8 Å². The van der Waals surface area contributed by atoms with Gasteiger partial charge in [-0.1, -0.05) is 35.4 Å². The van der Waals surface area contributed by atoms with Crippen LogP contribution in [0.25, 0.3) is 0 Å². The van der Waals surface area contributed by atoms with E-state index in [9.17, 15) is 29.7 Å². The number of aliphatic hydroxyl groups excluding tert-OH is 1. The van der Waals surface area contributed by atoms with Gasteiger partial charge in [0.05, 0.1) is 17.1 Å². The predicted molar refractivity (Wildman–Crippen MR) is 153 cm³/mol. The Bertz CT molecular complexity index is 1340. The maximum atomic E-state index is 13.0. The zero-order valence-electron chi connectivity index (χ0n) is 20.8. The van der Waals surface area contributed by atoms with Crippen LogP contribution in [0.1, 0.15) is 18.4 Å². The van der Waals surface area contributed by atoms with Crippen LogP contribution in [0.5, 0.6) is 0 Å². The topological polar surface area (TPSA) is 147 Å². The third kappa shape index (κ3) is 7.45.